The van der Waals surface area contributed by atoms with Gasteiger partial charge >= 0.3 is 6.18 Å². The number of primary amides is 1. The molecule has 0 aromatic heterocycles. The predicted molar refractivity (Wildman–Crippen MR) is 72.1 cm³/mol. The first kappa shape index (κ1) is 17.3. The number of carbonyl (C=O) groups excluding carboxylic acids is 1. The summed E-state index contributed by atoms with van der Waals surface area (Å²) in [4.78, 5) is 10.7. The lowest BCUT2D eigenvalue weighted by atomic mass is 10.2. The molecule has 118 valence electrons. The Morgan fingerprint density at radius 1 is 1.33 bits per heavy atom. The van der Waals surface area contributed by atoms with Crippen LogP contribution in [0.15, 0.2) is 24.3 Å². The smallest absolute Gasteiger partial charge is 0.370 e. The summed E-state index contributed by atoms with van der Waals surface area (Å²) in [7, 11) is -3.76. The fourth-order valence-electron chi connectivity index (χ4n) is 1.72. The number of nitrogens with zero attached hydrogens (tertiary/aromatic N) is 1. The zero-order valence-electron chi connectivity index (χ0n) is 11.2. The Bertz CT molecular complexity index is 614. The monoisotopic (exact) mass is 324 g/mol. The molecule has 0 radical (unpaired) electrons. The number of amides is 1. The second-order valence-electron chi connectivity index (χ2n) is 4.45. The second kappa shape index (κ2) is 6.33. The van der Waals surface area contributed by atoms with Gasteiger partial charge in [0.05, 0.1) is 17.5 Å². The standard InChI is InChI=1S/C12H15F3N2O3S/c1-21(19,20)17(7-3-6-11(16)18)10-5-2-4-9(8-10)12(13,14)15/h2,4-5,8H,3,6-7H2,1H3,(H2,16,18). The number of rotatable bonds is 6. The third-order valence-corrected chi connectivity index (χ3v) is 3.84. The van der Waals surface area contributed by atoms with E-state index < -0.39 is 27.7 Å². The third-order valence-electron chi connectivity index (χ3n) is 2.65. The maximum atomic E-state index is 12.7. The summed E-state index contributed by atoms with van der Waals surface area (Å²) in [6.45, 7) is -0.122. The quantitative estimate of drug-likeness (QED) is 0.865. The number of sulfonamides is 1. The molecule has 0 fully saturated rings. The number of anilines is 1. The normalized spacial score (nSPS) is 12.2. The van der Waals surface area contributed by atoms with Gasteiger partial charge < -0.3 is 5.73 Å². The maximum Gasteiger partial charge on any atom is 0.416 e. The summed E-state index contributed by atoms with van der Waals surface area (Å²) in [5.74, 6) is -0.604. The Balaban J connectivity index is 3.07. The Morgan fingerprint density at radius 2 is 1.95 bits per heavy atom. The van der Waals surface area contributed by atoms with Crippen molar-refractivity contribution in [2.24, 2.45) is 5.73 Å². The van der Waals surface area contributed by atoms with Crippen LogP contribution in [0.4, 0.5) is 18.9 Å². The minimum atomic E-state index is -4.56. The molecule has 0 atom stereocenters. The van der Waals surface area contributed by atoms with E-state index >= 15 is 0 Å². The van der Waals surface area contributed by atoms with Crippen molar-refractivity contribution in [2.45, 2.75) is 19.0 Å². The summed E-state index contributed by atoms with van der Waals surface area (Å²) in [6, 6.07) is 4.00. The molecule has 1 rings (SSSR count). The van der Waals surface area contributed by atoms with Gasteiger partial charge in [0.25, 0.3) is 0 Å². The van der Waals surface area contributed by atoms with Crippen LogP contribution in [0.3, 0.4) is 0 Å². The highest BCUT2D eigenvalue weighted by Gasteiger charge is 2.31. The molecule has 0 spiro atoms. The zero-order valence-corrected chi connectivity index (χ0v) is 12.0. The van der Waals surface area contributed by atoms with Crippen LogP contribution in [0.2, 0.25) is 0 Å². The molecule has 1 aromatic carbocycles. The lowest BCUT2D eigenvalue weighted by Crippen LogP contribution is -2.31. The average Bonchev–Trinajstić information content (AvgIpc) is 2.32. The Labute approximate surface area is 120 Å². The second-order valence-corrected chi connectivity index (χ2v) is 6.36. The van der Waals surface area contributed by atoms with Gasteiger partial charge in [0, 0.05) is 13.0 Å². The Kier molecular flexibility index (Phi) is 5.21. The molecule has 9 heteroatoms. The first-order chi connectivity index (χ1) is 9.51. The largest absolute Gasteiger partial charge is 0.416 e. The molecule has 0 heterocycles. The molecule has 0 aliphatic rings. The number of hydrogen-bond donors (Lipinski definition) is 1. The molecule has 1 amide bonds. The summed E-state index contributed by atoms with van der Waals surface area (Å²) in [5.41, 5.74) is 3.91. The van der Waals surface area contributed by atoms with Gasteiger partial charge in [0.1, 0.15) is 0 Å². The number of hydrogen-bond acceptors (Lipinski definition) is 3. The van der Waals surface area contributed by atoms with Gasteiger partial charge in [0.2, 0.25) is 15.9 Å². The SMILES string of the molecule is CS(=O)(=O)N(CCCC(N)=O)c1cccc(C(F)(F)F)c1. The molecule has 5 nitrogen and oxygen atoms in total. The van der Waals surface area contributed by atoms with E-state index in [4.69, 9.17) is 5.73 Å². The minimum Gasteiger partial charge on any atom is -0.370 e. The van der Waals surface area contributed by atoms with Gasteiger partial charge in [-0.05, 0) is 24.6 Å². The van der Waals surface area contributed by atoms with Crippen LogP contribution in [0.5, 0.6) is 0 Å². The van der Waals surface area contributed by atoms with E-state index in [1.807, 2.05) is 0 Å². The fraction of sp³-hybridized carbons (Fsp3) is 0.417. The van der Waals surface area contributed by atoms with Crippen LogP contribution in [0.1, 0.15) is 18.4 Å². The molecule has 0 unspecified atom stereocenters. The molecule has 2 N–H and O–H groups in total. The van der Waals surface area contributed by atoms with E-state index in [0.29, 0.717) is 0 Å². The average molecular weight is 324 g/mol. The highest BCUT2D eigenvalue weighted by atomic mass is 32.2. The lowest BCUT2D eigenvalue weighted by molar-refractivity contribution is -0.137. The summed E-state index contributed by atoms with van der Waals surface area (Å²) < 4.78 is 62.2. The first-order valence-corrected chi connectivity index (χ1v) is 7.80. The van der Waals surface area contributed by atoms with Crippen molar-refractivity contribution in [1.29, 1.82) is 0 Å². The third kappa shape index (κ3) is 5.25. The minimum absolute atomic E-state index is 0.0506. The van der Waals surface area contributed by atoms with Gasteiger partial charge in [-0.3, -0.25) is 9.10 Å². The van der Waals surface area contributed by atoms with Crippen LogP contribution in [0, 0.1) is 0 Å². The Hall–Kier alpha value is -1.77. The first-order valence-electron chi connectivity index (χ1n) is 5.95. The molecule has 21 heavy (non-hydrogen) atoms. The van der Waals surface area contributed by atoms with Crippen LogP contribution in [-0.2, 0) is 21.0 Å². The van der Waals surface area contributed by atoms with E-state index in [2.05, 4.69) is 0 Å². The molecule has 0 aliphatic carbocycles. The lowest BCUT2D eigenvalue weighted by Gasteiger charge is -2.23. The van der Waals surface area contributed by atoms with E-state index in [-0.39, 0.29) is 25.1 Å². The maximum absolute atomic E-state index is 12.7. The van der Waals surface area contributed by atoms with Crippen molar-refractivity contribution < 1.29 is 26.4 Å². The summed E-state index contributed by atoms with van der Waals surface area (Å²) >= 11 is 0. The van der Waals surface area contributed by atoms with Crippen molar-refractivity contribution in [1.82, 2.24) is 0 Å². The van der Waals surface area contributed by atoms with Crippen LogP contribution in [-0.4, -0.2) is 27.1 Å². The van der Waals surface area contributed by atoms with Gasteiger partial charge in [-0.15, -0.1) is 0 Å². The van der Waals surface area contributed by atoms with Crippen molar-refractivity contribution in [2.75, 3.05) is 17.1 Å². The predicted octanol–water partition coefficient (Wildman–Crippen LogP) is 1.74. The van der Waals surface area contributed by atoms with Crippen molar-refractivity contribution >= 4 is 21.6 Å². The zero-order chi connectivity index (χ0) is 16.3. The summed E-state index contributed by atoms with van der Waals surface area (Å²) in [5, 5.41) is 0. The number of carbonyl (C=O) groups is 1. The van der Waals surface area contributed by atoms with Crippen molar-refractivity contribution in [3.63, 3.8) is 0 Å². The molecule has 0 saturated heterocycles. The highest BCUT2D eigenvalue weighted by Crippen LogP contribution is 2.32. The van der Waals surface area contributed by atoms with Crippen molar-refractivity contribution in [3.05, 3.63) is 29.8 Å². The Morgan fingerprint density at radius 3 is 2.43 bits per heavy atom. The molecular weight excluding hydrogens is 309 g/mol. The molecular formula is C12H15F3N2O3S. The molecule has 0 bridgehead atoms. The van der Waals surface area contributed by atoms with Crippen LogP contribution >= 0.6 is 0 Å². The topological polar surface area (TPSA) is 80.5 Å². The highest BCUT2D eigenvalue weighted by molar-refractivity contribution is 7.92. The van der Waals surface area contributed by atoms with Crippen molar-refractivity contribution in [3.8, 4) is 0 Å². The van der Waals surface area contributed by atoms with Gasteiger partial charge in [-0.25, -0.2) is 8.42 Å². The summed E-state index contributed by atoms with van der Waals surface area (Å²) in [6.07, 6.45) is -3.60. The molecule has 1 aromatic rings. The molecule has 0 saturated carbocycles. The number of benzene rings is 1. The van der Waals surface area contributed by atoms with Crippen LogP contribution in [0.25, 0.3) is 0 Å². The fourth-order valence-corrected chi connectivity index (χ4v) is 2.68. The van der Waals surface area contributed by atoms with E-state index in [0.717, 1.165) is 28.8 Å². The van der Waals surface area contributed by atoms with Gasteiger partial charge in [-0.2, -0.15) is 13.2 Å². The van der Waals surface area contributed by atoms with Gasteiger partial charge in [-0.1, -0.05) is 6.07 Å². The van der Waals surface area contributed by atoms with E-state index in [1.165, 1.54) is 6.07 Å². The van der Waals surface area contributed by atoms with Gasteiger partial charge in [0.15, 0.2) is 0 Å². The molecule has 0 aliphatic heterocycles. The number of halogens is 3. The number of nitrogens with two attached hydrogens (primary N) is 1. The van der Waals surface area contributed by atoms with E-state index in [1.54, 1.807) is 0 Å². The van der Waals surface area contributed by atoms with E-state index in [9.17, 15) is 26.4 Å². The number of alkyl halides is 3. The van der Waals surface area contributed by atoms with Crippen LogP contribution < -0.4 is 10.0 Å².